The summed E-state index contributed by atoms with van der Waals surface area (Å²) in [6.07, 6.45) is -0.565. The molecule has 3 aliphatic heterocycles. The van der Waals surface area contributed by atoms with Gasteiger partial charge in [-0.25, -0.2) is 15.0 Å². The van der Waals surface area contributed by atoms with Crippen LogP contribution in [0.15, 0.2) is 18.3 Å². The van der Waals surface area contributed by atoms with Gasteiger partial charge in [0.2, 0.25) is 5.95 Å². The van der Waals surface area contributed by atoms with Gasteiger partial charge in [-0.05, 0) is 42.7 Å². The molecule has 5 heterocycles. The van der Waals surface area contributed by atoms with E-state index in [0.29, 0.717) is 42.3 Å². The normalized spacial score (nSPS) is 29.9. The summed E-state index contributed by atoms with van der Waals surface area (Å²) in [4.78, 5) is 17.1. The molecule has 3 atom stereocenters. The minimum atomic E-state index is -4.21. The Morgan fingerprint density at radius 1 is 1.09 bits per heavy atom. The van der Waals surface area contributed by atoms with E-state index in [1.165, 1.54) is 17.2 Å². The van der Waals surface area contributed by atoms with Crippen molar-refractivity contribution in [2.45, 2.75) is 37.6 Å². The maximum absolute atomic E-state index is 12.8. The van der Waals surface area contributed by atoms with Crippen LogP contribution < -0.4 is 15.4 Å². The monoisotopic (exact) mass is 482 g/mol. The summed E-state index contributed by atoms with van der Waals surface area (Å²) >= 11 is 0. The van der Waals surface area contributed by atoms with Crippen LogP contribution in [0.25, 0.3) is 11.3 Å². The maximum atomic E-state index is 12.8. The van der Waals surface area contributed by atoms with Crippen molar-refractivity contribution < 1.29 is 26.7 Å². The molecule has 0 aromatic carbocycles. The van der Waals surface area contributed by atoms with E-state index >= 15 is 0 Å². The van der Waals surface area contributed by atoms with E-state index in [0.717, 1.165) is 25.1 Å². The van der Waals surface area contributed by atoms with E-state index < -0.39 is 19.3 Å². The minimum Gasteiger partial charge on any atom is -0.431 e. The van der Waals surface area contributed by atoms with Crippen molar-refractivity contribution in [3.05, 3.63) is 24.0 Å². The molecule has 2 aromatic rings. The number of piperidine rings is 1. The quantitative estimate of drug-likeness (QED) is 0.631. The number of halogens is 5. The lowest BCUT2D eigenvalue weighted by atomic mass is 9.86. The molecule has 182 valence electrons. The second kappa shape index (κ2) is 7.62. The van der Waals surface area contributed by atoms with Crippen molar-refractivity contribution in [1.82, 2.24) is 19.9 Å². The van der Waals surface area contributed by atoms with Gasteiger partial charge in [-0.1, -0.05) is 0 Å². The summed E-state index contributed by atoms with van der Waals surface area (Å²) in [6, 6.07) is 3.56. The molecule has 5 aliphatic rings. The van der Waals surface area contributed by atoms with Crippen molar-refractivity contribution in [1.29, 1.82) is 0 Å². The first-order valence-electron chi connectivity index (χ1n) is 11.3. The van der Waals surface area contributed by atoms with Crippen molar-refractivity contribution in [3.63, 3.8) is 0 Å². The minimum absolute atomic E-state index is 0.0566. The van der Waals surface area contributed by atoms with Crippen LogP contribution >= 0.6 is 0 Å². The number of rotatable bonds is 6. The Labute approximate surface area is 192 Å². The van der Waals surface area contributed by atoms with Gasteiger partial charge in [-0.15, -0.1) is 0 Å². The number of hydrogen-bond acceptors (Lipinski definition) is 7. The van der Waals surface area contributed by atoms with Gasteiger partial charge in [0.05, 0.1) is 17.9 Å². The van der Waals surface area contributed by atoms with Gasteiger partial charge in [-0.2, -0.15) is 22.0 Å². The van der Waals surface area contributed by atoms with Crippen molar-refractivity contribution in [3.8, 4) is 17.0 Å². The summed E-state index contributed by atoms with van der Waals surface area (Å²) in [5.74, 6) is 1.11. The van der Waals surface area contributed by atoms with Crippen LogP contribution in [-0.2, 0) is 0 Å². The second-order valence-corrected chi connectivity index (χ2v) is 9.77. The van der Waals surface area contributed by atoms with Crippen molar-refractivity contribution in [2.24, 2.45) is 17.8 Å². The Bertz CT molecular complexity index is 1100. The first-order chi connectivity index (χ1) is 16.1. The molecular formula is C22H23F5N6O. The standard InChI is InChI=1S/C22H23F5N6O/c23-20(24)34-17-3-11(5-29-19(17)28)15-4-16(31-21(30-15)33-6-10-1-12(33)2-10)18-13-7-32(8-14(13)18)9-22(25,26)27/h3-5,10,12-14,18,20H,1-2,6-9H2,(H2,28,29)/t10?,12?,13-,14+,18?. The number of likely N-dealkylation sites (tertiary alicyclic amines) is 1. The topological polar surface area (TPSA) is 80.4 Å². The molecule has 0 radical (unpaired) electrons. The van der Waals surface area contributed by atoms with Gasteiger partial charge in [0.25, 0.3) is 0 Å². The molecule has 7 nitrogen and oxygen atoms in total. The van der Waals surface area contributed by atoms with E-state index in [-0.39, 0.29) is 29.3 Å². The number of nitrogens with two attached hydrogens (primary N) is 1. The number of ether oxygens (including phenoxy) is 1. The van der Waals surface area contributed by atoms with E-state index in [1.807, 2.05) is 0 Å². The lowest BCUT2D eigenvalue weighted by Crippen LogP contribution is -2.34. The lowest BCUT2D eigenvalue weighted by Gasteiger charge is -2.26. The average Bonchev–Trinajstić information content (AvgIpc) is 3.11. The first-order valence-corrected chi connectivity index (χ1v) is 11.3. The van der Waals surface area contributed by atoms with Crippen LogP contribution in [0.2, 0.25) is 0 Å². The molecule has 2 aromatic heterocycles. The molecule has 34 heavy (non-hydrogen) atoms. The molecule has 12 heteroatoms. The van der Waals surface area contributed by atoms with Crippen molar-refractivity contribution in [2.75, 3.05) is 36.8 Å². The third-order valence-corrected chi connectivity index (χ3v) is 7.51. The van der Waals surface area contributed by atoms with E-state index in [1.54, 1.807) is 6.07 Å². The molecule has 2 aliphatic carbocycles. The Kier molecular flexibility index (Phi) is 4.88. The van der Waals surface area contributed by atoms with Gasteiger partial charge in [-0.3, -0.25) is 4.90 Å². The number of nitrogen functional groups attached to an aromatic ring is 1. The van der Waals surface area contributed by atoms with Crippen LogP contribution in [-0.4, -0.2) is 64.9 Å². The summed E-state index contributed by atoms with van der Waals surface area (Å²) in [7, 11) is 0. The fraction of sp³-hybridized carbons (Fsp3) is 0.591. The van der Waals surface area contributed by atoms with Gasteiger partial charge < -0.3 is 15.4 Å². The van der Waals surface area contributed by atoms with Crippen LogP contribution in [0.3, 0.4) is 0 Å². The zero-order valence-corrected chi connectivity index (χ0v) is 18.1. The predicted octanol–water partition coefficient (Wildman–Crippen LogP) is 3.53. The van der Waals surface area contributed by atoms with Crippen LogP contribution in [0.4, 0.5) is 33.7 Å². The van der Waals surface area contributed by atoms with Gasteiger partial charge in [0, 0.05) is 43.4 Å². The fourth-order valence-electron chi connectivity index (χ4n) is 5.90. The third-order valence-electron chi connectivity index (χ3n) is 7.51. The Hall–Kier alpha value is -2.76. The van der Waals surface area contributed by atoms with Gasteiger partial charge >= 0.3 is 12.8 Å². The van der Waals surface area contributed by atoms with E-state index in [4.69, 9.17) is 15.7 Å². The average molecular weight is 482 g/mol. The smallest absolute Gasteiger partial charge is 0.401 e. The van der Waals surface area contributed by atoms with Crippen LogP contribution in [0.5, 0.6) is 5.75 Å². The molecule has 0 spiro atoms. The largest absolute Gasteiger partial charge is 0.431 e. The summed E-state index contributed by atoms with van der Waals surface area (Å²) in [6.45, 7) is -2.31. The van der Waals surface area contributed by atoms with Gasteiger partial charge in [0.1, 0.15) is 0 Å². The molecule has 5 fully saturated rings. The molecule has 1 unspecified atom stereocenters. The number of nitrogens with zero attached hydrogens (tertiary/aromatic N) is 5. The van der Waals surface area contributed by atoms with E-state index in [2.05, 4.69) is 14.6 Å². The first kappa shape index (κ1) is 21.8. The third kappa shape index (κ3) is 3.91. The van der Waals surface area contributed by atoms with Crippen LogP contribution in [0, 0.1) is 17.8 Å². The highest BCUT2D eigenvalue weighted by Gasteiger charge is 2.58. The molecular weight excluding hydrogens is 459 g/mol. The fourth-order valence-corrected chi connectivity index (χ4v) is 5.90. The Morgan fingerprint density at radius 3 is 2.44 bits per heavy atom. The summed E-state index contributed by atoms with van der Waals surface area (Å²) in [5, 5.41) is 0. The number of fused-ring (bicyclic) bond motifs is 2. The number of anilines is 2. The number of pyridine rings is 1. The highest BCUT2D eigenvalue weighted by atomic mass is 19.4. The summed E-state index contributed by atoms with van der Waals surface area (Å²) in [5.41, 5.74) is 7.43. The van der Waals surface area contributed by atoms with Crippen LogP contribution in [0.1, 0.15) is 24.5 Å². The SMILES string of the molecule is Nc1ncc(-c2cc(C3[C@H]4CN(CC(F)(F)F)C[C@@H]34)nc(N3CC4CC3C4)n2)cc1OC(F)F. The zero-order chi connectivity index (χ0) is 23.8. The second-order valence-electron chi connectivity index (χ2n) is 9.77. The zero-order valence-electron chi connectivity index (χ0n) is 18.1. The van der Waals surface area contributed by atoms with Crippen molar-refractivity contribution >= 4 is 11.8 Å². The molecule has 2 saturated carbocycles. The van der Waals surface area contributed by atoms with Gasteiger partial charge in [0.15, 0.2) is 11.6 Å². The Balaban J connectivity index is 1.31. The number of aromatic nitrogens is 3. The van der Waals surface area contributed by atoms with E-state index in [9.17, 15) is 22.0 Å². The number of hydrogen-bond donors (Lipinski definition) is 1. The molecule has 3 saturated heterocycles. The highest BCUT2D eigenvalue weighted by molar-refractivity contribution is 5.66. The molecule has 0 amide bonds. The predicted molar refractivity (Wildman–Crippen MR) is 112 cm³/mol. The maximum Gasteiger partial charge on any atom is 0.401 e. The highest BCUT2D eigenvalue weighted by Crippen LogP contribution is 2.58. The lowest BCUT2D eigenvalue weighted by molar-refractivity contribution is -0.144. The molecule has 2 bridgehead atoms. The molecule has 2 N–H and O–H groups in total. The number of alkyl halides is 5. The molecule has 7 rings (SSSR count). The summed E-state index contributed by atoms with van der Waals surface area (Å²) < 4.78 is 68.4. The Morgan fingerprint density at radius 2 is 1.82 bits per heavy atom.